The number of halogens is 2. The number of aromatic nitrogens is 6. The summed E-state index contributed by atoms with van der Waals surface area (Å²) in [5.41, 5.74) is 1.32. The Bertz CT molecular complexity index is 748. The molecule has 0 atom stereocenters. The first kappa shape index (κ1) is 13.1. The Morgan fingerprint density at radius 2 is 2.00 bits per heavy atom. The van der Waals surface area contributed by atoms with Gasteiger partial charge in [0.05, 0.1) is 29.0 Å². The second kappa shape index (κ2) is 5.22. The molecule has 6 nitrogen and oxygen atoms in total. The molecule has 0 unspecified atom stereocenters. The predicted molar refractivity (Wildman–Crippen MR) is 76.1 cm³/mol. The zero-order chi connectivity index (χ0) is 14.1. The number of para-hydroxylation sites is 1. The zero-order valence-electron chi connectivity index (χ0n) is 10.5. The highest BCUT2D eigenvalue weighted by Gasteiger charge is 2.17. The summed E-state index contributed by atoms with van der Waals surface area (Å²) in [6.45, 7) is 2.57. The topological polar surface area (TPSA) is 61.4 Å². The number of rotatable bonds is 3. The molecule has 20 heavy (non-hydrogen) atoms. The lowest BCUT2D eigenvalue weighted by Crippen LogP contribution is -1.98. The predicted octanol–water partition coefficient (Wildman–Crippen LogP) is 2.85. The Hall–Kier alpha value is -1.92. The van der Waals surface area contributed by atoms with Crippen molar-refractivity contribution in [2.75, 3.05) is 0 Å². The summed E-state index contributed by atoms with van der Waals surface area (Å²) in [7, 11) is 0. The van der Waals surface area contributed by atoms with Crippen LogP contribution in [0.15, 0.2) is 30.5 Å². The third kappa shape index (κ3) is 2.17. The fourth-order valence-electron chi connectivity index (χ4n) is 1.76. The first-order chi connectivity index (χ1) is 9.70. The lowest BCUT2D eigenvalue weighted by atomic mass is 10.3. The van der Waals surface area contributed by atoms with Crippen molar-refractivity contribution >= 4 is 23.2 Å². The van der Waals surface area contributed by atoms with E-state index in [2.05, 4.69) is 20.5 Å². The normalized spacial score (nSPS) is 10.9. The minimum absolute atomic E-state index is 0.397. The van der Waals surface area contributed by atoms with Crippen molar-refractivity contribution in [1.82, 2.24) is 30.0 Å². The van der Waals surface area contributed by atoms with Gasteiger partial charge in [-0.25, -0.2) is 4.68 Å². The van der Waals surface area contributed by atoms with Crippen LogP contribution >= 0.6 is 23.2 Å². The summed E-state index contributed by atoms with van der Waals surface area (Å²) in [5, 5.41) is 17.3. The van der Waals surface area contributed by atoms with Crippen molar-refractivity contribution < 1.29 is 0 Å². The van der Waals surface area contributed by atoms with Gasteiger partial charge in [-0.15, -0.1) is 10.2 Å². The van der Waals surface area contributed by atoms with E-state index in [0.29, 0.717) is 33.8 Å². The molecule has 0 amide bonds. The van der Waals surface area contributed by atoms with Crippen LogP contribution in [0.1, 0.15) is 6.92 Å². The Labute approximate surface area is 124 Å². The van der Waals surface area contributed by atoms with Crippen LogP contribution in [-0.4, -0.2) is 30.0 Å². The van der Waals surface area contributed by atoms with Crippen LogP contribution in [0.25, 0.3) is 17.1 Å². The van der Waals surface area contributed by atoms with Gasteiger partial charge in [0.2, 0.25) is 5.82 Å². The summed E-state index contributed by atoms with van der Waals surface area (Å²) in [6.07, 6.45) is 1.60. The second-order valence-electron chi connectivity index (χ2n) is 4.01. The summed E-state index contributed by atoms with van der Waals surface area (Å²) in [4.78, 5) is 1.48. The van der Waals surface area contributed by atoms with Crippen LogP contribution in [0.2, 0.25) is 10.2 Å². The van der Waals surface area contributed by atoms with Crippen LogP contribution in [-0.2, 0) is 6.54 Å². The molecule has 1 aromatic carbocycles. The maximum Gasteiger partial charge on any atom is 0.209 e. The fraction of sp³-hybridized carbons (Fsp3) is 0.167. The molecule has 0 saturated carbocycles. The van der Waals surface area contributed by atoms with Crippen molar-refractivity contribution in [3.63, 3.8) is 0 Å². The molecule has 102 valence electrons. The third-order valence-electron chi connectivity index (χ3n) is 2.77. The largest absolute Gasteiger partial charge is 0.220 e. The molecule has 0 fully saturated rings. The van der Waals surface area contributed by atoms with E-state index in [1.54, 1.807) is 16.9 Å². The third-order valence-corrected chi connectivity index (χ3v) is 3.45. The Morgan fingerprint density at radius 3 is 2.70 bits per heavy atom. The van der Waals surface area contributed by atoms with Gasteiger partial charge in [-0.05, 0) is 24.3 Å². The molecule has 0 saturated heterocycles. The lowest BCUT2D eigenvalue weighted by Gasteiger charge is -2.04. The SMILES string of the molecule is CCn1nnc(-c2cnn(-c3ccccc3Cl)c2Cl)n1. The monoisotopic (exact) mass is 308 g/mol. The van der Waals surface area contributed by atoms with Crippen molar-refractivity contribution in [1.29, 1.82) is 0 Å². The molecule has 2 aromatic heterocycles. The van der Waals surface area contributed by atoms with Gasteiger partial charge in [-0.1, -0.05) is 35.3 Å². The van der Waals surface area contributed by atoms with Gasteiger partial charge in [-0.3, -0.25) is 0 Å². The van der Waals surface area contributed by atoms with Gasteiger partial charge in [0, 0.05) is 0 Å². The molecule has 0 aliphatic carbocycles. The number of aryl methyl sites for hydroxylation is 1. The number of tetrazole rings is 1. The van der Waals surface area contributed by atoms with Crippen molar-refractivity contribution in [2.24, 2.45) is 0 Å². The van der Waals surface area contributed by atoms with Gasteiger partial charge in [0.15, 0.2) is 0 Å². The van der Waals surface area contributed by atoms with E-state index in [1.807, 2.05) is 25.1 Å². The zero-order valence-corrected chi connectivity index (χ0v) is 12.0. The average Bonchev–Trinajstić information content (AvgIpc) is 3.06. The second-order valence-corrected chi connectivity index (χ2v) is 4.78. The van der Waals surface area contributed by atoms with Crippen LogP contribution < -0.4 is 0 Å². The smallest absolute Gasteiger partial charge is 0.209 e. The van der Waals surface area contributed by atoms with Crippen LogP contribution in [0.4, 0.5) is 0 Å². The van der Waals surface area contributed by atoms with Gasteiger partial charge in [-0.2, -0.15) is 9.90 Å². The average molecular weight is 309 g/mol. The minimum atomic E-state index is 0.397. The molecule has 0 bridgehead atoms. The van der Waals surface area contributed by atoms with E-state index in [4.69, 9.17) is 23.2 Å². The van der Waals surface area contributed by atoms with Crippen molar-refractivity contribution in [2.45, 2.75) is 13.5 Å². The standard InChI is InChI=1S/C12H10Cl2N6/c1-2-19-17-12(16-18-19)8-7-15-20(11(8)14)10-6-4-3-5-9(10)13/h3-7H,2H2,1H3. The molecule has 3 aromatic rings. The summed E-state index contributed by atoms with van der Waals surface area (Å²) in [6, 6.07) is 7.32. The summed E-state index contributed by atoms with van der Waals surface area (Å²) in [5.74, 6) is 0.440. The molecule has 0 N–H and O–H groups in total. The Kier molecular flexibility index (Phi) is 3.42. The van der Waals surface area contributed by atoms with Gasteiger partial charge in [0.25, 0.3) is 0 Å². The van der Waals surface area contributed by atoms with Gasteiger partial charge >= 0.3 is 0 Å². The highest BCUT2D eigenvalue weighted by atomic mass is 35.5. The molecule has 0 spiro atoms. The van der Waals surface area contributed by atoms with Crippen molar-refractivity contribution in [3.8, 4) is 17.1 Å². The van der Waals surface area contributed by atoms with Crippen LogP contribution in [0.3, 0.4) is 0 Å². The maximum atomic E-state index is 6.34. The molecule has 2 heterocycles. The van der Waals surface area contributed by atoms with Gasteiger partial charge < -0.3 is 0 Å². The van der Waals surface area contributed by atoms with E-state index < -0.39 is 0 Å². The number of hydrogen-bond acceptors (Lipinski definition) is 4. The Morgan fingerprint density at radius 1 is 1.20 bits per heavy atom. The van der Waals surface area contributed by atoms with Crippen molar-refractivity contribution in [3.05, 3.63) is 40.6 Å². The van der Waals surface area contributed by atoms with E-state index in [9.17, 15) is 0 Å². The molecule has 0 radical (unpaired) electrons. The number of benzene rings is 1. The summed E-state index contributed by atoms with van der Waals surface area (Å²) < 4.78 is 1.55. The fourth-order valence-corrected chi connectivity index (χ4v) is 2.24. The van der Waals surface area contributed by atoms with Gasteiger partial charge in [0.1, 0.15) is 5.15 Å². The first-order valence-electron chi connectivity index (χ1n) is 5.97. The highest BCUT2D eigenvalue weighted by Crippen LogP contribution is 2.29. The van der Waals surface area contributed by atoms with E-state index in [0.717, 1.165) is 0 Å². The molecular weight excluding hydrogens is 299 g/mol. The van der Waals surface area contributed by atoms with E-state index in [1.165, 1.54) is 4.80 Å². The lowest BCUT2D eigenvalue weighted by molar-refractivity contribution is 0.553. The molecular formula is C12H10Cl2N6. The molecule has 8 heteroatoms. The maximum absolute atomic E-state index is 6.34. The first-order valence-corrected chi connectivity index (χ1v) is 6.73. The molecule has 3 rings (SSSR count). The summed E-state index contributed by atoms with van der Waals surface area (Å²) >= 11 is 12.5. The highest BCUT2D eigenvalue weighted by molar-refractivity contribution is 6.34. The number of nitrogens with zero attached hydrogens (tertiary/aromatic N) is 6. The van der Waals surface area contributed by atoms with E-state index >= 15 is 0 Å². The Balaban J connectivity index is 2.07. The molecule has 0 aliphatic rings. The van der Waals surface area contributed by atoms with Crippen LogP contribution in [0.5, 0.6) is 0 Å². The minimum Gasteiger partial charge on any atom is -0.220 e. The molecule has 0 aliphatic heterocycles. The number of hydrogen-bond donors (Lipinski definition) is 0. The van der Waals surface area contributed by atoms with Crippen LogP contribution in [0, 0.1) is 0 Å². The van der Waals surface area contributed by atoms with E-state index in [-0.39, 0.29) is 0 Å². The quantitative estimate of drug-likeness (QED) is 0.746.